The van der Waals surface area contributed by atoms with Gasteiger partial charge >= 0.3 is 12.4 Å². The third-order valence-corrected chi connectivity index (χ3v) is 15.3. The van der Waals surface area contributed by atoms with E-state index in [0.29, 0.717) is 42.5 Å². The minimum absolute atomic E-state index is 0.0525. The van der Waals surface area contributed by atoms with Gasteiger partial charge in [0, 0.05) is 28.8 Å². The zero-order chi connectivity index (χ0) is 44.7. The molecule has 2 aliphatic heterocycles. The highest BCUT2D eigenvalue weighted by molar-refractivity contribution is 14.1. The highest BCUT2D eigenvalue weighted by atomic mass is 127. The number of alkyl halides is 6. The van der Waals surface area contributed by atoms with E-state index in [2.05, 4.69) is 0 Å². The van der Waals surface area contributed by atoms with Gasteiger partial charge in [-0.25, -0.2) is 9.80 Å². The number of aryl methyl sites for hydroxylation is 2. The van der Waals surface area contributed by atoms with Gasteiger partial charge in [0.05, 0.1) is 55.5 Å². The van der Waals surface area contributed by atoms with Gasteiger partial charge in [0.25, 0.3) is 0 Å². The number of thiophene rings is 1. The molecule has 2 aliphatic carbocycles. The molecule has 10 nitrogen and oxygen atoms in total. The number of fused-ring (bicyclic) bond motifs is 5. The molecule has 6 atom stereocenters. The number of phenols is 1. The van der Waals surface area contributed by atoms with E-state index in [1.54, 1.807) is 38.2 Å². The Morgan fingerprint density at radius 1 is 0.919 bits per heavy atom. The minimum Gasteiger partial charge on any atom is -0.504 e. The van der Waals surface area contributed by atoms with E-state index in [1.165, 1.54) is 29.2 Å². The van der Waals surface area contributed by atoms with Gasteiger partial charge in [0.2, 0.25) is 23.6 Å². The van der Waals surface area contributed by atoms with Crippen LogP contribution in [0.4, 0.5) is 37.8 Å². The summed E-state index contributed by atoms with van der Waals surface area (Å²) < 4.78 is 91.9. The number of nitrogens with zero attached hydrogens (tertiary/aromatic N) is 4. The topological polar surface area (TPSA) is 122 Å². The second-order valence-corrected chi connectivity index (χ2v) is 18.8. The Morgan fingerprint density at radius 3 is 2.24 bits per heavy atom. The van der Waals surface area contributed by atoms with Crippen molar-refractivity contribution in [1.82, 2.24) is 9.78 Å². The van der Waals surface area contributed by atoms with E-state index in [9.17, 15) is 45.8 Å². The van der Waals surface area contributed by atoms with Crippen LogP contribution in [0.1, 0.15) is 47.9 Å². The molecule has 322 valence electrons. The summed E-state index contributed by atoms with van der Waals surface area (Å²) in [6.07, 6.45) is -9.09. The van der Waals surface area contributed by atoms with Crippen LogP contribution in [0.2, 0.25) is 5.02 Å². The Balaban J connectivity index is 1.16. The molecular weight excluding hydrogens is 977 g/mol. The molecule has 4 heterocycles. The fourth-order valence-electron chi connectivity index (χ4n) is 10.1. The lowest BCUT2D eigenvalue weighted by molar-refractivity contribution is -0.143. The Kier molecular flexibility index (Phi) is 9.76. The summed E-state index contributed by atoms with van der Waals surface area (Å²) in [7, 11) is 2.93. The van der Waals surface area contributed by atoms with Crippen molar-refractivity contribution in [3.8, 4) is 22.1 Å². The van der Waals surface area contributed by atoms with Gasteiger partial charge in [-0.15, -0.1) is 11.3 Å². The van der Waals surface area contributed by atoms with Gasteiger partial charge < -0.3 is 9.84 Å². The van der Waals surface area contributed by atoms with Crippen LogP contribution < -0.4 is 14.5 Å². The first-order chi connectivity index (χ1) is 29.1. The van der Waals surface area contributed by atoms with Crippen LogP contribution in [-0.2, 0) is 38.6 Å². The number of hydrogen-bond acceptors (Lipinski definition) is 8. The number of phenolic OH excluding ortho intramolecular Hbond substituents is 1. The predicted molar refractivity (Wildman–Crippen MR) is 225 cm³/mol. The fraction of sp³-hybridized carbons (Fsp3) is 0.326. The second-order valence-electron chi connectivity index (χ2n) is 16.2. The Bertz CT molecular complexity index is 2820. The van der Waals surface area contributed by atoms with Crippen LogP contribution in [-0.4, -0.2) is 45.6 Å². The number of amides is 4. The van der Waals surface area contributed by atoms with E-state index >= 15 is 4.79 Å². The molecule has 62 heavy (non-hydrogen) atoms. The summed E-state index contributed by atoms with van der Waals surface area (Å²) in [6.45, 7) is 3.56. The number of benzene rings is 3. The standard InChI is InChI=1S/C43H32ClF6IN4O6S/c1-17-25-14-21(44)5-8-31(25)62-36(17)29-16-32(53(3)52-29)55-38(58)27-15-26-23(34(41(27,2)40(55)60)18-9-28(51)35(56)30(10-18)61-4)6-7-24-33(26)39(59)54(37(24)57)22-12-19(42(45,46)47)11-20(13-22)43(48,49)50/h5-6,8-14,16,24,26-27,33-34,56H,7,15H2,1-4H3/t24-,26+,27-,33-,34-,41+/m0/s1. The van der Waals surface area contributed by atoms with Crippen molar-refractivity contribution >= 4 is 90.7 Å². The van der Waals surface area contributed by atoms with Crippen molar-refractivity contribution < 1.29 is 55.4 Å². The maximum atomic E-state index is 15.2. The van der Waals surface area contributed by atoms with Crippen LogP contribution in [0.15, 0.2) is 66.2 Å². The van der Waals surface area contributed by atoms with E-state index < -0.39 is 87.8 Å². The Morgan fingerprint density at radius 2 is 1.60 bits per heavy atom. The SMILES string of the molecule is COc1cc([C@H]2C3=CC[C@@H]4C(=O)N(c5cc(C(F)(F)F)cc(C(F)(F)F)c5)C(=O)[C@@H]4[C@@H]3C[C@H]3C(=O)N(c4cc(-c5sc6ccc(Cl)cc6c5C)nn4C)C(=O)[C@@]23C)cc(I)c1O. The summed E-state index contributed by atoms with van der Waals surface area (Å²) >= 11 is 9.64. The molecule has 0 bridgehead atoms. The number of halogens is 8. The van der Waals surface area contributed by atoms with Crippen molar-refractivity contribution in [2.75, 3.05) is 16.9 Å². The Hall–Kier alpha value is -4.95. The highest BCUT2D eigenvalue weighted by Crippen LogP contribution is 2.64. The number of aromatic nitrogens is 2. The largest absolute Gasteiger partial charge is 0.504 e. The van der Waals surface area contributed by atoms with Crippen molar-refractivity contribution in [3.05, 3.63) is 97.1 Å². The van der Waals surface area contributed by atoms with Crippen LogP contribution in [0.5, 0.6) is 11.5 Å². The van der Waals surface area contributed by atoms with Gasteiger partial charge in [0.1, 0.15) is 11.5 Å². The molecule has 0 spiro atoms. The third kappa shape index (κ3) is 6.20. The maximum absolute atomic E-state index is 15.2. The zero-order valence-corrected chi connectivity index (χ0v) is 36.5. The molecule has 2 aromatic heterocycles. The van der Waals surface area contributed by atoms with Crippen LogP contribution in [0.3, 0.4) is 0 Å². The van der Waals surface area contributed by atoms with E-state index in [4.69, 9.17) is 21.4 Å². The van der Waals surface area contributed by atoms with Crippen molar-refractivity contribution in [2.24, 2.45) is 36.1 Å². The maximum Gasteiger partial charge on any atom is 0.416 e. The summed E-state index contributed by atoms with van der Waals surface area (Å²) in [5.41, 5.74) is -3.52. The molecule has 4 aliphatic rings. The number of carbonyl (C=O) groups excluding carboxylic acids is 4. The lowest BCUT2D eigenvalue weighted by Gasteiger charge is -2.49. The number of ether oxygens (including phenoxy) is 1. The molecule has 19 heteroatoms. The van der Waals surface area contributed by atoms with E-state index in [-0.39, 0.29) is 36.2 Å². The van der Waals surface area contributed by atoms with Crippen molar-refractivity contribution in [3.63, 3.8) is 0 Å². The number of methoxy groups -OCH3 is 1. The number of imide groups is 2. The molecule has 0 radical (unpaired) electrons. The number of aromatic hydroxyl groups is 1. The molecule has 5 aromatic rings. The summed E-state index contributed by atoms with van der Waals surface area (Å²) in [6, 6.07) is 10.9. The first-order valence-electron chi connectivity index (χ1n) is 19.1. The molecule has 0 unspecified atom stereocenters. The van der Waals surface area contributed by atoms with Crippen molar-refractivity contribution in [1.29, 1.82) is 0 Å². The van der Waals surface area contributed by atoms with Gasteiger partial charge in [-0.3, -0.25) is 23.9 Å². The molecule has 1 saturated carbocycles. The van der Waals surface area contributed by atoms with Gasteiger partial charge in [0.15, 0.2) is 11.5 Å². The van der Waals surface area contributed by atoms with Gasteiger partial charge in [-0.1, -0.05) is 23.3 Å². The molecule has 9 rings (SSSR count). The summed E-state index contributed by atoms with van der Waals surface area (Å²) in [4.78, 5) is 61.1. The van der Waals surface area contributed by atoms with Gasteiger partial charge in [-0.2, -0.15) is 31.4 Å². The number of carbonyl (C=O) groups is 4. The summed E-state index contributed by atoms with van der Waals surface area (Å²) in [5.74, 6) is -8.78. The molecule has 3 aromatic carbocycles. The molecule has 1 N–H and O–H groups in total. The average molecular weight is 1010 g/mol. The Labute approximate surface area is 371 Å². The lowest BCUT2D eigenvalue weighted by atomic mass is 9.51. The van der Waals surface area contributed by atoms with Gasteiger partial charge in [-0.05, 0) is 120 Å². The zero-order valence-electron chi connectivity index (χ0n) is 32.8. The molecule has 2 saturated heterocycles. The first kappa shape index (κ1) is 42.4. The molecule has 3 fully saturated rings. The third-order valence-electron chi connectivity index (χ3n) is 12.9. The summed E-state index contributed by atoms with van der Waals surface area (Å²) in [5, 5.41) is 17.0. The first-order valence-corrected chi connectivity index (χ1v) is 21.4. The molecule has 4 amide bonds. The average Bonchev–Trinajstić information content (AvgIpc) is 3.88. The number of anilines is 2. The second kappa shape index (κ2) is 14.3. The molecular formula is C43H32ClF6IN4O6S. The predicted octanol–water partition coefficient (Wildman–Crippen LogP) is 10.1. The monoisotopic (exact) mass is 1010 g/mol. The minimum atomic E-state index is -5.24. The van der Waals surface area contributed by atoms with Crippen molar-refractivity contribution in [2.45, 2.75) is 45.0 Å². The highest BCUT2D eigenvalue weighted by Gasteiger charge is 2.68. The quantitative estimate of drug-likeness (QED) is 0.0806. The van der Waals surface area contributed by atoms with E-state index in [0.717, 1.165) is 25.4 Å². The number of rotatable bonds is 5. The normalized spacial score (nSPS) is 25.1. The smallest absolute Gasteiger partial charge is 0.416 e. The number of hydrogen-bond donors (Lipinski definition) is 1. The van der Waals surface area contributed by atoms with E-state index in [1.807, 2.05) is 41.6 Å². The number of allylic oxidation sites excluding steroid dienone is 2. The lowest BCUT2D eigenvalue weighted by Crippen LogP contribution is -2.49. The van der Waals surface area contributed by atoms with Crippen LogP contribution in [0.25, 0.3) is 20.7 Å². The van der Waals surface area contributed by atoms with Crippen LogP contribution >= 0.6 is 45.5 Å². The van der Waals surface area contributed by atoms with Crippen LogP contribution in [0, 0.1) is 39.6 Å². The fourth-order valence-corrected chi connectivity index (χ4v) is 12.0.